The molecule has 7 heteroatoms. The molecule has 34 heavy (non-hydrogen) atoms. The summed E-state index contributed by atoms with van der Waals surface area (Å²) in [6.07, 6.45) is 0. The number of rotatable bonds is 7. The second-order valence-electron chi connectivity index (χ2n) is 8.19. The lowest BCUT2D eigenvalue weighted by Crippen LogP contribution is -2.36. The highest BCUT2D eigenvalue weighted by atomic mass is 16.5. The molecule has 1 aliphatic rings. The van der Waals surface area contributed by atoms with Crippen LogP contribution in [0, 0.1) is 13.8 Å². The minimum Gasteiger partial charge on any atom is -0.452 e. The van der Waals surface area contributed by atoms with Crippen LogP contribution < -0.4 is 15.5 Å². The quantitative estimate of drug-likeness (QED) is 0.500. The normalized spacial score (nSPS) is 13.3. The molecular formula is C27H29N3O4. The van der Waals surface area contributed by atoms with E-state index in [-0.39, 0.29) is 6.61 Å². The summed E-state index contributed by atoms with van der Waals surface area (Å²) in [5.74, 6) is -0.960. The molecule has 176 valence electrons. The fourth-order valence-corrected chi connectivity index (χ4v) is 3.78. The summed E-state index contributed by atoms with van der Waals surface area (Å²) in [4.78, 5) is 27.3. The molecule has 0 atom stereocenters. The lowest BCUT2D eigenvalue weighted by atomic mass is 10.1. The van der Waals surface area contributed by atoms with Gasteiger partial charge in [0.05, 0.1) is 24.5 Å². The highest BCUT2D eigenvalue weighted by molar-refractivity contribution is 5.99. The number of esters is 1. The van der Waals surface area contributed by atoms with Crippen LogP contribution in [0.5, 0.6) is 0 Å². The largest absolute Gasteiger partial charge is 0.452 e. The summed E-state index contributed by atoms with van der Waals surface area (Å²) >= 11 is 0. The summed E-state index contributed by atoms with van der Waals surface area (Å²) in [5, 5.41) is 6.08. The molecule has 0 bridgehead atoms. The van der Waals surface area contributed by atoms with Gasteiger partial charge < -0.3 is 25.0 Å². The molecule has 4 rings (SSSR count). The Morgan fingerprint density at radius 3 is 2.38 bits per heavy atom. The van der Waals surface area contributed by atoms with E-state index in [0.717, 1.165) is 35.6 Å². The number of hydrogen-bond donors (Lipinski definition) is 2. The summed E-state index contributed by atoms with van der Waals surface area (Å²) in [6.45, 7) is 6.82. The SMILES string of the molecule is Cc1cccc(Nc2ccccc2C(=O)OCC(=O)Nc2ccc(N3CCOCC3)cc2)c1C. The van der Waals surface area contributed by atoms with E-state index in [4.69, 9.17) is 9.47 Å². The predicted molar refractivity (Wildman–Crippen MR) is 134 cm³/mol. The van der Waals surface area contributed by atoms with Gasteiger partial charge in [0.15, 0.2) is 6.61 Å². The third kappa shape index (κ3) is 5.74. The molecule has 3 aromatic carbocycles. The first-order valence-corrected chi connectivity index (χ1v) is 11.3. The van der Waals surface area contributed by atoms with E-state index in [1.54, 1.807) is 12.1 Å². The van der Waals surface area contributed by atoms with Crippen LogP contribution in [0.3, 0.4) is 0 Å². The molecule has 0 unspecified atom stereocenters. The molecule has 3 aromatic rings. The molecule has 0 radical (unpaired) electrons. The van der Waals surface area contributed by atoms with E-state index in [2.05, 4.69) is 15.5 Å². The third-order valence-electron chi connectivity index (χ3n) is 5.88. The number of carbonyl (C=O) groups excluding carboxylic acids is 2. The molecule has 1 amide bonds. The Hall–Kier alpha value is -3.84. The molecule has 1 aliphatic heterocycles. The molecule has 1 fully saturated rings. The standard InChI is InChI=1S/C27H29N3O4/c1-19-6-5-9-24(20(19)2)29-25-8-4-3-7-23(25)27(32)34-18-26(31)28-21-10-12-22(13-11-21)30-14-16-33-17-15-30/h3-13,29H,14-18H2,1-2H3,(H,28,31). The Morgan fingerprint density at radius 1 is 0.912 bits per heavy atom. The van der Waals surface area contributed by atoms with Crippen LogP contribution in [-0.2, 0) is 14.3 Å². The van der Waals surface area contributed by atoms with Crippen molar-refractivity contribution in [3.63, 3.8) is 0 Å². The van der Waals surface area contributed by atoms with E-state index < -0.39 is 11.9 Å². The van der Waals surface area contributed by atoms with Gasteiger partial charge in [0.2, 0.25) is 0 Å². The first-order valence-electron chi connectivity index (χ1n) is 11.3. The fourth-order valence-electron chi connectivity index (χ4n) is 3.78. The third-order valence-corrected chi connectivity index (χ3v) is 5.88. The number of ether oxygens (including phenoxy) is 2. The Labute approximate surface area is 199 Å². The monoisotopic (exact) mass is 459 g/mol. The number of nitrogens with zero attached hydrogens (tertiary/aromatic N) is 1. The number of amides is 1. The Kier molecular flexibility index (Phi) is 7.44. The van der Waals surface area contributed by atoms with Crippen LogP contribution in [0.2, 0.25) is 0 Å². The smallest absolute Gasteiger partial charge is 0.340 e. The zero-order valence-electron chi connectivity index (χ0n) is 19.5. The van der Waals surface area contributed by atoms with Crippen molar-refractivity contribution in [3.05, 3.63) is 83.4 Å². The van der Waals surface area contributed by atoms with E-state index in [1.807, 2.05) is 68.4 Å². The first-order chi connectivity index (χ1) is 16.5. The van der Waals surface area contributed by atoms with E-state index in [9.17, 15) is 9.59 Å². The molecule has 2 N–H and O–H groups in total. The summed E-state index contributed by atoms with van der Waals surface area (Å²) in [7, 11) is 0. The van der Waals surface area contributed by atoms with Gasteiger partial charge in [0.1, 0.15) is 0 Å². The number of carbonyl (C=O) groups is 2. The maximum Gasteiger partial charge on any atom is 0.340 e. The maximum absolute atomic E-state index is 12.7. The molecule has 0 aromatic heterocycles. The molecule has 7 nitrogen and oxygen atoms in total. The van der Waals surface area contributed by atoms with Gasteiger partial charge in [-0.3, -0.25) is 4.79 Å². The second kappa shape index (κ2) is 10.9. The van der Waals surface area contributed by atoms with Gasteiger partial charge in [-0.1, -0.05) is 24.3 Å². The lowest BCUT2D eigenvalue weighted by Gasteiger charge is -2.28. The fraction of sp³-hybridized carbons (Fsp3) is 0.259. The number of nitrogens with one attached hydrogen (secondary N) is 2. The van der Waals surface area contributed by atoms with Gasteiger partial charge >= 0.3 is 5.97 Å². The molecule has 0 saturated carbocycles. The second-order valence-corrected chi connectivity index (χ2v) is 8.19. The van der Waals surface area contributed by atoms with Gasteiger partial charge in [-0.05, 0) is 67.4 Å². The van der Waals surface area contributed by atoms with Crippen molar-refractivity contribution in [3.8, 4) is 0 Å². The van der Waals surface area contributed by atoms with Crippen molar-refractivity contribution >= 4 is 34.6 Å². The molecule has 0 aliphatic carbocycles. The lowest BCUT2D eigenvalue weighted by molar-refractivity contribution is -0.119. The van der Waals surface area contributed by atoms with Crippen LogP contribution >= 0.6 is 0 Å². The van der Waals surface area contributed by atoms with E-state index in [0.29, 0.717) is 30.2 Å². The molecule has 1 saturated heterocycles. The number of hydrogen-bond acceptors (Lipinski definition) is 6. The van der Waals surface area contributed by atoms with Gasteiger partial charge in [-0.25, -0.2) is 4.79 Å². The summed E-state index contributed by atoms with van der Waals surface area (Å²) < 4.78 is 10.7. The van der Waals surface area contributed by atoms with Crippen molar-refractivity contribution < 1.29 is 19.1 Å². The minimum atomic E-state index is -0.564. The zero-order chi connectivity index (χ0) is 23.9. The van der Waals surface area contributed by atoms with Crippen LogP contribution in [0.4, 0.5) is 22.7 Å². The Morgan fingerprint density at radius 2 is 1.62 bits per heavy atom. The van der Waals surface area contributed by atoms with Crippen molar-refractivity contribution in [2.75, 3.05) is 48.4 Å². The predicted octanol–water partition coefficient (Wildman–Crippen LogP) is 4.68. The average Bonchev–Trinajstić information content (AvgIpc) is 2.87. The van der Waals surface area contributed by atoms with Crippen LogP contribution in [0.1, 0.15) is 21.5 Å². The number of para-hydroxylation sites is 1. The van der Waals surface area contributed by atoms with Crippen LogP contribution in [0.15, 0.2) is 66.7 Å². The highest BCUT2D eigenvalue weighted by Crippen LogP contribution is 2.26. The average molecular weight is 460 g/mol. The minimum absolute atomic E-state index is 0.367. The van der Waals surface area contributed by atoms with Gasteiger partial charge in [-0.2, -0.15) is 0 Å². The molecule has 1 heterocycles. The summed E-state index contributed by atoms with van der Waals surface area (Å²) in [5.41, 5.74) is 5.89. The number of anilines is 4. The highest BCUT2D eigenvalue weighted by Gasteiger charge is 2.16. The number of aryl methyl sites for hydroxylation is 1. The molecular weight excluding hydrogens is 430 g/mol. The van der Waals surface area contributed by atoms with E-state index in [1.165, 1.54) is 0 Å². The summed E-state index contributed by atoms with van der Waals surface area (Å²) in [6, 6.07) is 20.7. The first kappa shape index (κ1) is 23.3. The van der Waals surface area contributed by atoms with E-state index >= 15 is 0 Å². The van der Waals surface area contributed by atoms with Crippen molar-refractivity contribution in [1.82, 2.24) is 0 Å². The maximum atomic E-state index is 12.7. The van der Waals surface area contributed by atoms with Crippen LogP contribution in [0.25, 0.3) is 0 Å². The van der Waals surface area contributed by atoms with Crippen molar-refractivity contribution in [1.29, 1.82) is 0 Å². The molecule has 0 spiro atoms. The number of benzene rings is 3. The van der Waals surface area contributed by atoms with Gasteiger partial charge in [0, 0.05) is 30.2 Å². The number of morpholine rings is 1. The Bertz CT molecular complexity index is 1150. The van der Waals surface area contributed by atoms with Crippen molar-refractivity contribution in [2.24, 2.45) is 0 Å². The zero-order valence-corrected chi connectivity index (χ0v) is 19.5. The van der Waals surface area contributed by atoms with Crippen LogP contribution in [-0.4, -0.2) is 44.8 Å². The van der Waals surface area contributed by atoms with Gasteiger partial charge in [-0.15, -0.1) is 0 Å². The Balaban J connectivity index is 1.34. The van der Waals surface area contributed by atoms with Gasteiger partial charge in [0.25, 0.3) is 5.91 Å². The topological polar surface area (TPSA) is 79.9 Å². The van der Waals surface area contributed by atoms with Crippen molar-refractivity contribution in [2.45, 2.75) is 13.8 Å².